The Balaban J connectivity index is 2.41. The Morgan fingerprint density at radius 2 is 1.83 bits per heavy atom. The maximum Gasteiger partial charge on any atom is 0.417 e. The Morgan fingerprint density at radius 3 is 2.41 bits per heavy atom. The molecule has 2 aromatic carbocycles. The molecule has 0 atom stereocenters. The van der Waals surface area contributed by atoms with Crippen molar-refractivity contribution in [3.8, 4) is 5.75 Å². The Labute approximate surface area is 171 Å². The van der Waals surface area contributed by atoms with E-state index in [0.29, 0.717) is 6.07 Å². The number of sulfonamides is 1. The molecular weight excluding hydrogens is 433 g/mol. The van der Waals surface area contributed by atoms with Gasteiger partial charge in [0, 0.05) is 12.1 Å². The number of benzene rings is 2. The van der Waals surface area contributed by atoms with Crippen LogP contribution in [-0.2, 0) is 21.0 Å². The zero-order valence-corrected chi connectivity index (χ0v) is 17.0. The Morgan fingerprint density at radius 1 is 1.14 bits per heavy atom. The van der Waals surface area contributed by atoms with Gasteiger partial charge < -0.3 is 10.1 Å². The summed E-state index contributed by atoms with van der Waals surface area (Å²) in [5.41, 5.74) is -1.34. The van der Waals surface area contributed by atoms with Gasteiger partial charge in [-0.25, -0.2) is 8.42 Å². The number of halogens is 4. The van der Waals surface area contributed by atoms with Gasteiger partial charge in [-0.2, -0.15) is 13.2 Å². The topological polar surface area (TPSA) is 84.5 Å². The predicted octanol–water partition coefficient (Wildman–Crippen LogP) is 4.91. The molecule has 11 heteroatoms. The largest absolute Gasteiger partial charge is 0.492 e. The van der Waals surface area contributed by atoms with Crippen molar-refractivity contribution < 1.29 is 31.1 Å². The average molecular weight is 451 g/mol. The summed E-state index contributed by atoms with van der Waals surface area (Å²) in [4.78, 5) is 11.4. The number of alkyl halides is 3. The molecule has 2 rings (SSSR count). The van der Waals surface area contributed by atoms with Crippen LogP contribution in [0, 0.1) is 0 Å². The minimum Gasteiger partial charge on any atom is -0.492 e. The highest BCUT2D eigenvalue weighted by molar-refractivity contribution is 7.92. The summed E-state index contributed by atoms with van der Waals surface area (Å²) < 4.78 is 71.7. The van der Waals surface area contributed by atoms with E-state index in [-0.39, 0.29) is 41.0 Å². The van der Waals surface area contributed by atoms with E-state index in [1.807, 2.05) is 0 Å². The Kier molecular flexibility index (Phi) is 7.02. The molecule has 0 saturated heterocycles. The van der Waals surface area contributed by atoms with Crippen molar-refractivity contribution >= 4 is 38.9 Å². The monoisotopic (exact) mass is 450 g/mol. The van der Waals surface area contributed by atoms with Crippen molar-refractivity contribution in [2.75, 3.05) is 16.6 Å². The van der Waals surface area contributed by atoms with Crippen molar-refractivity contribution in [2.45, 2.75) is 31.3 Å². The van der Waals surface area contributed by atoms with Gasteiger partial charge in [-0.1, -0.05) is 18.5 Å². The number of nitrogens with one attached hydrogen (secondary N) is 2. The third kappa shape index (κ3) is 5.77. The first-order chi connectivity index (χ1) is 13.5. The van der Waals surface area contributed by atoms with Gasteiger partial charge in [0.1, 0.15) is 5.75 Å². The van der Waals surface area contributed by atoms with E-state index in [1.54, 1.807) is 13.8 Å². The molecule has 0 aliphatic rings. The van der Waals surface area contributed by atoms with Crippen LogP contribution in [0.1, 0.15) is 25.8 Å². The number of hydrogen-bond acceptors (Lipinski definition) is 4. The molecule has 0 aliphatic carbocycles. The predicted molar refractivity (Wildman–Crippen MR) is 104 cm³/mol. The lowest BCUT2D eigenvalue weighted by Gasteiger charge is -2.15. The highest BCUT2D eigenvalue weighted by atomic mass is 35.5. The van der Waals surface area contributed by atoms with E-state index < -0.39 is 26.8 Å². The highest BCUT2D eigenvalue weighted by Crippen LogP contribution is 2.37. The van der Waals surface area contributed by atoms with E-state index >= 15 is 0 Å². The van der Waals surface area contributed by atoms with Gasteiger partial charge in [0.25, 0.3) is 10.0 Å². The lowest BCUT2D eigenvalue weighted by Crippen LogP contribution is -2.16. The van der Waals surface area contributed by atoms with Crippen molar-refractivity contribution in [3.05, 3.63) is 47.0 Å². The minimum atomic E-state index is -4.74. The second kappa shape index (κ2) is 8.91. The maximum atomic E-state index is 13.0. The molecular formula is C18H18ClF3N2O4S. The highest BCUT2D eigenvalue weighted by Gasteiger charge is 2.33. The van der Waals surface area contributed by atoms with Crippen molar-refractivity contribution in [1.29, 1.82) is 0 Å². The molecule has 29 heavy (non-hydrogen) atoms. The molecule has 6 nitrogen and oxygen atoms in total. The van der Waals surface area contributed by atoms with Crippen LogP contribution in [0.15, 0.2) is 41.3 Å². The summed E-state index contributed by atoms with van der Waals surface area (Å²) >= 11 is 5.55. The summed E-state index contributed by atoms with van der Waals surface area (Å²) in [5.74, 6) is -0.0971. The number of amides is 1. The van der Waals surface area contributed by atoms with Crippen LogP contribution in [0.25, 0.3) is 0 Å². The first kappa shape index (κ1) is 22.8. The van der Waals surface area contributed by atoms with E-state index in [2.05, 4.69) is 10.0 Å². The average Bonchev–Trinajstić information content (AvgIpc) is 2.63. The normalized spacial score (nSPS) is 11.8. The van der Waals surface area contributed by atoms with Crippen molar-refractivity contribution in [2.24, 2.45) is 0 Å². The zero-order chi connectivity index (χ0) is 21.8. The van der Waals surface area contributed by atoms with Gasteiger partial charge in [-0.05, 0) is 43.3 Å². The van der Waals surface area contributed by atoms with Crippen LogP contribution in [0.2, 0.25) is 5.02 Å². The molecule has 1 amide bonds. The second-order valence-electron chi connectivity index (χ2n) is 5.79. The summed E-state index contributed by atoms with van der Waals surface area (Å²) in [6, 6.07) is 6.41. The van der Waals surface area contributed by atoms with Gasteiger partial charge in [-0.15, -0.1) is 0 Å². The molecule has 2 aromatic rings. The summed E-state index contributed by atoms with van der Waals surface area (Å²) in [6.45, 7) is 3.62. The number of rotatable bonds is 7. The van der Waals surface area contributed by atoms with Crippen LogP contribution in [-0.4, -0.2) is 20.9 Å². The van der Waals surface area contributed by atoms with E-state index in [1.165, 1.54) is 18.2 Å². The first-order valence-electron chi connectivity index (χ1n) is 8.44. The van der Waals surface area contributed by atoms with Crippen molar-refractivity contribution in [3.63, 3.8) is 0 Å². The van der Waals surface area contributed by atoms with Gasteiger partial charge >= 0.3 is 6.18 Å². The van der Waals surface area contributed by atoms with Crippen LogP contribution in [0.4, 0.5) is 24.5 Å². The number of carbonyl (C=O) groups excluding carboxylic acids is 1. The van der Waals surface area contributed by atoms with Crippen LogP contribution >= 0.6 is 11.6 Å². The molecule has 2 N–H and O–H groups in total. The van der Waals surface area contributed by atoms with Gasteiger partial charge in [0.2, 0.25) is 5.91 Å². The van der Waals surface area contributed by atoms with E-state index in [4.69, 9.17) is 16.3 Å². The fourth-order valence-corrected chi connectivity index (χ4v) is 3.61. The molecule has 0 aliphatic heterocycles. The number of ether oxygens (including phenoxy) is 1. The molecule has 0 unspecified atom stereocenters. The van der Waals surface area contributed by atoms with Gasteiger partial charge in [0.05, 0.1) is 27.8 Å². The quantitative estimate of drug-likeness (QED) is 0.628. The smallest absolute Gasteiger partial charge is 0.417 e. The molecule has 0 spiro atoms. The second-order valence-corrected chi connectivity index (χ2v) is 7.88. The zero-order valence-electron chi connectivity index (χ0n) is 15.4. The molecule has 0 heterocycles. The lowest BCUT2D eigenvalue weighted by atomic mass is 10.2. The van der Waals surface area contributed by atoms with Crippen molar-refractivity contribution in [1.82, 2.24) is 0 Å². The molecule has 0 radical (unpaired) electrons. The van der Waals surface area contributed by atoms with E-state index in [0.717, 1.165) is 12.1 Å². The third-order valence-electron chi connectivity index (χ3n) is 3.68. The summed E-state index contributed by atoms with van der Waals surface area (Å²) in [5, 5.41) is 1.99. The lowest BCUT2D eigenvalue weighted by molar-refractivity contribution is -0.137. The Bertz CT molecular complexity index is 1010. The van der Waals surface area contributed by atoms with Crippen LogP contribution in [0.5, 0.6) is 5.75 Å². The van der Waals surface area contributed by atoms with Gasteiger partial charge in [-0.3, -0.25) is 9.52 Å². The fourth-order valence-electron chi connectivity index (χ4n) is 2.31. The van der Waals surface area contributed by atoms with E-state index in [9.17, 15) is 26.4 Å². The molecule has 0 saturated carbocycles. The molecule has 0 bridgehead atoms. The summed E-state index contributed by atoms with van der Waals surface area (Å²) in [6.07, 6.45) is -4.58. The maximum absolute atomic E-state index is 13.0. The standard InChI is InChI=1S/C18H18ClF3N2O4S/c1-3-17(25)23-15-10-12(6-8-16(15)28-4-2)29(26,27)24-11-5-7-14(19)13(9-11)18(20,21)22/h5-10,24H,3-4H2,1-2H3,(H,23,25). The van der Waals surface area contributed by atoms with Crippen LogP contribution < -0.4 is 14.8 Å². The van der Waals surface area contributed by atoms with Gasteiger partial charge in [0.15, 0.2) is 0 Å². The Hall–Kier alpha value is -2.46. The number of hydrogen-bond donors (Lipinski definition) is 2. The van der Waals surface area contributed by atoms with Crippen LogP contribution in [0.3, 0.4) is 0 Å². The minimum absolute atomic E-state index is 0.133. The number of anilines is 2. The first-order valence-corrected chi connectivity index (χ1v) is 10.3. The molecule has 0 aromatic heterocycles. The third-order valence-corrected chi connectivity index (χ3v) is 5.39. The number of carbonyl (C=O) groups is 1. The summed E-state index contributed by atoms with van der Waals surface area (Å²) in [7, 11) is -4.25. The molecule has 158 valence electrons. The fraction of sp³-hybridized carbons (Fsp3) is 0.278. The molecule has 0 fully saturated rings. The SMILES string of the molecule is CCOc1ccc(S(=O)(=O)Nc2ccc(Cl)c(C(F)(F)F)c2)cc1NC(=O)CC.